The Balaban J connectivity index is 1.90. The molecule has 0 saturated carbocycles. The van der Waals surface area contributed by atoms with Gasteiger partial charge in [-0.1, -0.05) is 6.92 Å². The average Bonchev–Trinajstić information content (AvgIpc) is 3.32. The van der Waals surface area contributed by atoms with Crippen LogP contribution in [0.1, 0.15) is 36.7 Å². The van der Waals surface area contributed by atoms with E-state index in [-0.39, 0.29) is 17.3 Å². The van der Waals surface area contributed by atoms with Crippen molar-refractivity contribution in [3.63, 3.8) is 0 Å². The Morgan fingerprint density at radius 3 is 2.81 bits per heavy atom. The Bertz CT molecular complexity index is 932. The number of hydrogen-bond donors (Lipinski definition) is 1. The van der Waals surface area contributed by atoms with Crippen molar-refractivity contribution >= 4 is 17.4 Å². The molecule has 3 aromatic rings. The van der Waals surface area contributed by atoms with E-state index in [1.54, 1.807) is 29.2 Å². The van der Waals surface area contributed by atoms with E-state index in [4.69, 9.17) is 0 Å². The third-order valence-corrected chi connectivity index (χ3v) is 4.14. The average molecular weight is 354 g/mol. The van der Waals surface area contributed by atoms with Gasteiger partial charge in [0.25, 0.3) is 11.6 Å². The summed E-state index contributed by atoms with van der Waals surface area (Å²) < 4.78 is 3.24. The summed E-state index contributed by atoms with van der Waals surface area (Å²) in [5, 5.41) is 18.4. The third-order valence-electron chi connectivity index (χ3n) is 4.14. The Morgan fingerprint density at radius 1 is 1.35 bits per heavy atom. The molecule has 0 spiro atoms. The van der Waals surface area contributed by atoms with Crippen LogP contribution < -0.4 is 5.32 Å². The molecule has 26 heavy (non-hydrogen) atoms. The molecule has 0 aliphatic rings. The molecule has 0 fully saturated rings. The summed E-state index contributed by atoms with van der Waals surface area (Å²) in [5.74, 6) is 0.112. The Morgan fingerprint density at radius 2 is 2.15 bits per heavy atom. The van der Waals surface area contributed by atoms with E-state index in [1.807, 2.05) is 13.8 Å². The topological polar surface area (TPSA) is 108 Å². The number of carbonyl (C=O) groups is 1. The molecule has 0 aliphatic carbocycles. The first-order valence-corrected chi connectivity index (χ1v) is 8.13. The van der Waals surface area contributed by atoms with Gasteiger partial charge in [-0.05, 0) is 25.5 Å². The molecule has 3 rings (SSSR count). The van der Waals surface area contributed by atoms with Gasteiger partial charge >= 0.3 is 0 Å². The van der Waals surface area contributed by atoms with E-state index in [0.717, 1.165) is 6.42 Å². The highest BCUT2D eigenvalue weighted by atomic mass is 16.6. The molecule has 1 amide bonds. The Kier molecular flexibility index (Phi) is 4.78. The summed E-state index contributed by atoms with van der Waals surface area (Å²) in [6.07, 6.45) is 7.06. The number of nitrogens with one attached hydrogen (secondary N) is 1. The van der Waals surface area contributed by atoms with Gasteiger partial charge in [0.05, 0.1) is 23.5 Å². The summed E-state index contributed by atoms with van der Waals surface area (Å²) in [6, 6.07) is 6.15. The highest BCUT2D eigenvalue weighted by molar-refractivity contribution is 6.04. The number of nitro groups is 1. The number of carbonyl (C=O) groups excluding carboxylic acids is 1. The van der Waals surface area contributed by atoms with Crippen molar-refractivity contribution in [2.45, 2.75) is 26.3 Å². The normalized spacial score (nSPS) is 11.9. The fourth-order valence-corrected chi connectivity index (χ4v) is 2.56. The van der Waals surface area contributed by atoms with Gasteiger partial charge in [0.2, 0.25) is 0 Å². The summed E-state index contributed by atoms with van der Waals surface area (Å²) in [4.78, 5) is 27.3. The van der Waals surface area contributed by atoms with E-state index in [2.05, 4.69) is 15.4 Å². The molecule has 9 heteroatoms. The zero-order valence-electron chi connectivity index (χ0n) is 14.4. The highest BCUT2D eigenvalue weighted by Crippen LogP contribution is 2.25. The van der Waals surface area contributed by atoms with Crippen molar-refractivity contribution in [3.8, 4) is 5.69 Å². The van der Waals surface area contributed by atoms with Crippen molar-refractivity contribution < 1.29 is 9.72 Å². The van der Waals surface area contributed by atoms with E-state index < -0.39 is 10.8 Å². The minimum Gasteiger partial charge on any atom is -0.307 e. The summed E-state index contributed by atoms with van der Waals surface area (Å²) in [6.45, 7) is 4.02. The van der Waals surface area contributed by atoms with Gasteiger partial charge < -0.3 is 9.88 Å². The second-order valence-electron chi connectivity index (χ2n) is 5.80. The predicted octanol–water partition coefficient (Wildman–Crippen LogP) is 3.20. The van der Waals surface area contributed by atoms with Gasteiger partial charge in [0.15, 0.2) is 0 Å². The quantitative estimate of drug-likeness (QED) is 0.540. The molecular formula is C17H18N6O3. The van der Waals surface area contributed by atoms with Gasteiger partial charge in [-0.25, -0.2) is 9.67 Å². The van der Waals surface area contributed by atoms with Gasteiger partial charge in [0.1, 0.15) is 11.5 Å². The van der Waals surface area contributed by atoms with Crippen LogP contribution in [0.2, 0.25) is 0 Å². The monoisotopic (exact) mass is 354 g/mol. The van der Waals surface area contributed by atoms with E-state index in [1.165, 1.54) is 29.2 Å². The maximum atomic E-state index is 12.6. The van der Waals surface area contributed by atoms with Gasteiger partial charge in [-0.3, -0.25) is 14.9 Å². The lowest BCUT2D eigenvalue weighted by Gasteiger charge is -2.14. The summed E-state index contributed by atoms with van der Waals surface area (Å²) in [7, 11) is 0. The first kappa shape index (κ1) is 17.3. The molecule has 134 valence electrons. The van der Waals surface area contributed by atoms with Crippen molar-refractivity contribution in [1.29, 1.82) is 0 Å². The van der Waals surface area contributed by atoms with Crippen molar-refractivity contribution in [2.24, 2.45) is 0 Å². The highest BCUT2D eigenvalue weighted by Gasteiger charge is 2.20. The first-order valence-electron chi connectivity index (χ1n) is 8.13. The Hall–Kier alpha value is -3.49. The number of nitro benzene ring substituents is 1. The fraction of sp³-hybridized carbons (Fsp3) is 0.235. The van der Waals surface area contributed by atoms with Gasteiger partial charge in [-0.15, -0.1) is 0 Å². The molecule has 9 nitrogen and oxygen atoms in total. The smallest absolute Gasteiger partial charge is 0.294 e. The SMILES string of the molecule is CCC(C)n1nccc1NC(=O)c1ccc(-n2ccnc2)c([N+](=O)[O-])c1. The molecule has 0 aliphatic heterocycles. The number of benzene rings is 1. The molecule has 0 saturated heterocycles. The molecule has 2 aromatic heterocycles. The third kappa shape index (κ3) is 3.32. The lowest BCUT2D eigenvalue weighted by atomic mass is 10.1. The zero-order valence-corrected chi connectivity index (χ0v) is 14.4. The number of anilines is 1. The van der Waals surface area contributed by atoms with Crippen LogP contribution in [0.4, 0.5) is 11.5 Å². The fourth-order valence-electron chi connectivity index (χ4n) is 2.56. The maximum Gasteiger partial charge on any atom is 0.294 e. The molecule has 0 bridgehead atoms. The van der Waals surface area contributed by atoms with Crippen molar-refractivity contribution in [2.75, 3.05) is 5.32 Å². The minimum absolute atomic E-state index is 0.123. The second-order valence-corrected chi connectivity index (χ2v) is 5.80. The largest absolute Gasteiger partial charge is 0.307 e. The van der Waals surface area contributed by atoms with Crippen molar-refractivity contribution in [1.82, 2.24) is 19.3 Å². The molecule has 2 heterocycles. The van der Waals surface area contributed by atoms with E-state index >= 15 is 0 Å². The van der Waals surface area contributed by atoms with E-state index in [9.17, 15) is 14.9 Å². The Labute approximate surface area is 149 Å². The molecule has 1 aromatic carbocycles. The number of rotatable bonds is 6. The number of aromatic nitrogens is 4. The number of imidazole rings is 1. The number of nitrogens with zero attached hydrogens (tertiary/aromatic N) is 5. The molecular weight excluding hydrogens is 336 g/mol. The molecule has 1 atom stereocenters. The standard InChI is InChI=1S/C17H18N6O3/c1-3-12(2)22-16(6-7-19-22)20-17(24)13-4-5-14(15(10-13)23(25)26)21-9-8-18-11-21/h4-12H,3H2,1-2H3,(H,20,24). The summed E-state index contributed by atoms with van der Waals surface area (Å²) in [5.41, 5.74) is 0.359. The van der Waals surface area contributed by atoms with Crippen LogP contribution in [0.5, 0.6) is 0 Å². The van der Waals surface area contributed by atoms with Crippen LogP contribution in [0.3, 0.4) is 0 Å². The lowest BCUT2D eigenvalue weighted by Crippen LogP contribution is -2.17. The van der Waals surface area contributed by atoms with Crippen LogP contribution in [-0.2, 0) is 0 Å². The predicted molar refractivity (Wildman–Crippen MR) is 95.4 cm³/mol. The maximum absolute atomic E-state index is 12.6. The number of amides is 1. The molecule has 1 unspecified atom stereocenters. The second kappa shape index (κ2) is 7.18. The van der Waals surface area contributed by atoms with Crippen LogP contribution in [0.15, 0.2) is 49.2 Å². The minimum atomic E-state index is -0.518. The van der Waals surface area contributed by atoms with E-state index in [0.29, 0.717) is 11.5 Å². The first-order chi connectivity index (χ1) is 12.5. The number of hydrogen-bond acceptors (Lipinski definition) is 5. The molecule has 1 N–H and O–H groups in total. The van der Waals surface area contributed by atoms with Gasteiger partial charge in [0, 0.05) is 30.1 Å². The molecule has 0 radical (unpaired) electrons. The lowest BCUT2D eigenvalue weighted by molar-refractivity contribution is -0.384. The van der Waals surface area contributed by atoms with Crippen LogP contribution in [-0.4, -0.2) is 30.2 Å². The van der Waals surface area contributed by atoms with Crippen LogP contribution in [0.25, 0.3) is 5.69 Å². The summed E-state index contributed by atoms with van der Waals surface area (Å²) >= 11 is 0. The van der Waals surface area contributed by atoms with Crippen LogP contribution >= 0.6 is 0 Å². The van der Waals surface area contributed by atoms with Crippen LogP contribution in [0, 0.1) is 10.1 Å². The van der Waals surface area contributed by atoms with Crippen molar-refractivity contribution in [3.05, 3.63) is 64.9 Å². The zero-order chi connectivity index (χ0) is 18.7. The van der Waals surface area contributed by atoms with Gasteiger partial charge in [-0.2, -0.15) is 5.10 Å².